The molecule has 0 bridgehead atoms. The van der Waals surface area contributed by atoms with Crippen LogP contribution in [-0.2, 0) is 4.79 Å². The zero-order valence-electron chi connectivity index (χ0n) is 13.3. The highest BCUT2D eigenvalue weighted by Gasteiger charge is 2.27. The Bertz CT molecular complexity index is 513. The van der Waals surface area contributed by atoms with Crippen LogP contribution >= 0.6 is 28.3 Å². The van der Waals surface area contributed by atoms with Crippen molar-refractivity contribution in [3.05, 3.63) is 28.2 Å². The van der Waals surface area contributed by atoms with Crippen molar-refractivity contribution in [1.29, 1.82) is 0 Å². The number of aryl methyl sites for hydroxylation is 1. The maximum absolute atomic E-state index is 12.5. The van der Waals surface area contributed by atoms with Gasteiger partial charge in [0.15, 0.2) is 6.10 Å². The van der Waals surface area contributed by atoms with E-state index in [2.05, 4.69) is 21.2 Å². The molecule has 1 aliphatic heterocycles. The van der Waals surface area contributed by atoms with Crippen molar-refractivity contribution in [2.24, 2.45) is 0 Å². The normalized spacial score (nSPS) is 19.3. The van der Waals surface area contributed by atoms with E-state index in [0.717, 1.165) is 36.0 Å². The molecule has 22 heavy (non-hydrogen) atoms. The number of piperidine rings is 1. The number of hydrogen-bond acceptors (Lipinski definition) is 3. The third kappa shape index (κ3) is 4.86. The second-order valence-electron chi connectivity index (χ2n) is 5.61. The number of likely N-dealkylation sites (tertiary alicyclic amines) is 1. The van der Waals surface area contributed by atoms with Gasteiger partial charge in [-0.15, -0.1) is 12.4 Å². The molecule has 0 aromatic heterocycles. The highest BCUT2D eigenvalue weighted by Crippen LogP contribution is 2.27. The van der Waals surface area contributed by atoms with Gasteiger partial charge < -0.3 is 15.0 Å². The van der Waals surface area contributed by atoms with E-state index in [1.165, 1.54) is 0 Å². The fraction of sp³-hybridized carbons (Fsp3) is 0.562. The van der Waals surface area contributed by atoms with Crippen molar-refractivity contribution >= 4 is 34.2 Å². The summed E-state index contributed by atoms with van der Waals surface area (Å²) in [6.07, 6.45) is 1.69. The molecule has 2 unspecified atom stereocenters. The van der Waals surface area contributed by atoms with Gasteiger partial charge in [-0.05, 0) is 67.4 Å². The van der Waals surface area contributed by atoms with Crippen LogP contribution < -0.4 is 10.1 Å². The van der Waals surface area contributed by atoms with E-state index in [9.17, 15) is 4.79 Å². The maximum Gasteiger partial charge on any atom is 0.263 e. The molecule has 1 aliphatic rings. The molecule has 124 valence electrons. The van der Waals surface area contributed by atoms with E-state index in [0.29, 0.717) is 11.8 Å². The van der Waals surface area contributed by atoms with E-state index < -0.39 is 6.10 Å². The predicted octanol–water partition coefficient (Wildman–Crippen LogP) is 3.16. The van der Waals surface area contributed by atoms with Crippen LogP contribution in [0.2, 0.25) is 0 Å². The quantitative estimate of drug-likeness (QED) is 0.857. The molecular weight excluding hydrogens is 368 g/mol. The number of benzene rings is 1. The lowest BCUT2D eigenvalue weighted by Crippen LogP contribution is -2.50. The Balaban J connectivity index is 0.00000242. The van der Waals surface area contributed by atoms with Gasteiger partial charge in [0.05, 0.1) is 4.47 Å². The van der Waals surface area contributed by atoms with Crippen LogP contribution in [0, 0.1) is 6.92 Å². The van der Waals surface area contributed by atoms with Crippen LogP contribution in [0.25, 0.3) is 0 Å². The van der Waals surface area contributed by atoms with Gasteiger partial charge in [-0.3, -0.25) is 4.79 Å². The minimum Gasteiger partial charge on any atom is -0.480 e. The molecule has 2 atom stereocenters. The third-order valence-electron chi connectivity index (χ3n) is 3.88. The topological polar surface area (TPSA) is 41.6 Å². The molecule has 2 rings (SSSR count). The molecule has 6 heteroatoms. The molecular formula is C16H24BrClN2O2. The molecule has 0 spiro atoms. The summed E-state index contributed by atoms with van der Waals surface area (Å²) in [6, 6.07) is 6.26. The lowest BCUT2D eigenvalue weighted by atomic mass is 10.1. The summed E-state index contributed by atoms with van der Waals surface area (Å²) in [5, 5.41) is 3.25. The fourth-order valence-corrected chi connectivity index (χ4v) is 3.20. The highest BCUT2D eigenvalue weighted by atomic mass is 79.9. The monoisotopic (exact) mass is 390 g/mol. The Hall–Kier alpha value is -0.780. The predicted molar refractivity (Wildman–Crippen MR) is 94.9 cm³/mol. The van der Waals surface area contributed by atoms with Gasteiger partial charge in [-0.25, -0.2) is 0 Å². The van der Waals surface area contributed by atoms with Crippen LogP contribution in [0.5, 0.6) is 5.75 Å². The fourth-order valence-electron chi connectivity index (χ4n) is 2.61. The number of carbonyl (C=O) groups excluding carboxylic acids is 1. The lowest BCUT2D eigenvalue weighted by molar-refractivity contribution is -0.139. The third-order valence-corrected chi connectivity index (χ3v) is 4.50. The lowest BCUT2D eigenvalue weighted by Gasteiger charge is -2.34. The second-order valence-corrected chi connectivity index (χ2v) is 6.46. The van der Waals surface area contributed by atoms with Crippen molar-refractivity contribution in [3.8, 4) is 5.75 Å². The Kier molecular flexibility index (Phi) is 7.66. The largest absolute Gasteiger partial charge is 0.480 e. The molecule has 1 N–H and O–H groups in total. The highest BCUT2D eigenvalue weighted by molar-refractivity contribution is 9.10. The second kappa shape index (κ2) is 8.75. The van der Waals surface area contributed by atoms with Crippen LogP contribution in [0.3, 0.4) is 0 Å². The maximum atomic E-state index is 12.5. The Morgan fingerprint density at radius 2 is 2.23 bits per heavy atom. The minimum absolute atomic E-state index is 0. The molecule has 1 aromatic rings. The van der Waals surface area contributed by atoms with Gasteiger partial charge in [0.1, 0.15) is 5.75 Å². The Morgan fingerprint density at radius 1 is 1.50 bits per heavy atom. The molecule has 1 fully saturated rings. The number of halogens is 2. The van der Waals surface area contributed by atoms with Gasteiger partial charge in [0.2, 0.25) is 0 Å². The molecule has 0 aliphatic carbocycles. The van der Waals surface area contributed by atoms with Crippen LogP contribution in [0.4, 0.5) is 0 Å². The Labute approximate surface area is 147 Å². The van der Waals surface area contributed by atoms with Crippen LogP contribution in [-0.4, -0.2) is 43.1 Å². The summed E-state index contributed by atoms with van der Waals surface area (Å²) in [7, 11) is 1.95. The molecule has 1 saturated heterocycles. The minimum atomic E-state index is -0.473. The number of carbonyl (C=O) groups is 1. The van der Waals surface area contributed by atoms with Crippen molar-refractivity contribution in [2.75, 3.05) is 20.1 Å². The number of nitrogens with one attached hydrogen (secondary N) is 1. The van der Waals surface area contributed by atoms with Crippen molar-refractivity contribution < 1.29 is 9.53 Å². The smallest absolute Gasteiger partial charge is 0.263 e. The van der Waals surface area contributed by atoms with Gasteiger partial charge >= 0.3 is 0 Å². The number of nitrogens with zero attached hydrogens (tertiary/aromatic N) is 1. The molecule has 0 radical (unpaired) electrons. The van der Waals surface area contributed by atoms with Crippen molar-refractivity contribution in [2.45, 2.75) is 38.8 Å². The molecule has 0 saturated carbocycles. The average Bonchev–Trinajstić information content (AvgIpc) is 2.49. The molecule has 1 heterocycles. The van der Waals surface area contributed by atoms with E-state index in [1.54, 1.807) is 0 Å². The van der Waals surface area contributed by atoms with E-state index in [-0.39, 0.29) is 18.3 Å². The summed E-state index contributed by atoms with van der Waals surface area (Å²) >= 11 is 3.48. The van der Waals surface area contributed by atoms with Crippen molar-refractivity contribution in [3.63, 3.8) is 0 Å². The molecule has 1 amide bonds. The summed E-state index contributed by atoms with van der Waals surface area (Å²) in [5.74, 6) is 0.769. The van der Waals surface area contributed by atoms with Crippen LogP contribution in [0.15, 0.2) is 22.7 Å². The number of amides is 1. The summed E-state index contributed by atoms with van der Waals surface area (Å²) < 4.78 is 6.71. The first-order valence-corrected chi connectivity index (χ1v) is 8.19. The summed E-state index contributed by atoms with van der Waals surface area (Å²) in [5.41, 5.74) is 1.15. The van der Waals surface area contributed by atoms with Gasteiger partial charge in [-0.1, -0.05) is 6.07 Å². The zero-order chi connectivity index (χ0) is 15.4. The number of hydrogen-bond donors (Lipinski definition) is 1. The molecule has 1 aromatic carbocycles. The first-order valence-electron chi connectivity index (χ1n) is 7.40. The summed E-state index contributed by atoms with van der Waals surface area (Å²) in [6.45, 7) is 5.42. The number of rotatable bonds is 4. The van der Waals surface area contributed by atoms with Crippen molar-refractivity contribution in [1.82, 2.24) is 10.2 Å². The average molecular weight is 392 g/mol. The Morgan fingerprint density at radius 3 is 2.86 bits per heavy atom. The van der Waals surface area contributed by atoms with E-state index in [1.807, 2.05) is 44.0 Å². The standard InChI is InChI=1S/C16H23BrN2O2.ClH/c1-11-6-7-15(14(17)9-11)21-12(2)16(20)19-8-4-5-13(10-19)18-3;/h6-7,9,12-13,18H,4-5,8,10H2,1-3H3;1H. The van der Waals surface area contributed by atoms with Gasteiger partial charge in [0.25, 0.3) is 5.91 Å². The van der Waals surface area contributed by atoms with E-state index >= 15 is 0 Å². The summed E-state index contributed by atoms with van der Waals surface area (Å²) in [4.78, 5) is 14.4. The van der Waals surface area contributed by atoms with E-state index in [4.69, 9.17) is 4.74 Å². The first kappa shape index (κ1) is 19.3. The van der Waals surface area contributed by atoms with Crippen LogP contribution in [0.1, 0.15) is 25.3 Å². The first-order chi connectivity index (χ1) is 10.0. The number of likely N-dealkylation sites (N-methyl/N-ethyl adjacent to an activating group) is 1. The number of ether oxygens (including phenoxy) is 1. The zero-order valence-corrected chi connectivity index (χ0v) is 15.7. The SMILES string of the molecule is CNC1CCCN(C(=O)C(C)Oc2ccc(C)cc2Br)C1.Cl. The van der Waals surface area contributed by atoms with Gasteiger partial charge in [-0.2, -0.15) is 0 Å². The molecule has 4 nitrogen and oxygen atoms in total. The van der Waals surface area contributed by atoms with Gasteiger partial charge in [0, 0.05) is 19.1 Å².